The molecule has 0 unspecified atom stereocenters. The number of nitrogens with two attached hydrogens (primary N) is 1. The van der Waals surface area contributed by atoms with Gasteiger partial charge in [0.15, 0.2) is 5.69 Å². The van der Waals surface area contributed by atoms with Crippen LogP contribution in [0.4, 0.5) is 5.95 Å². The molecule has 0 saturated carbocycles. The molecule has 3 N–H and O–H groups in total. The normalized spacial score (nSPS) is 21.9. The number of anilines is 1. The molecule has 8 heteroatoms. The number of nitrogens with one attached hydrogen (secondary N) is 1. The summed E-state index contributed by atoms with van der Waals surface area (Å²) in [5, 5.41) is 7.57. The average Bonchev–Trinajstić information content (AvgIpc) is 3.21. The van der Waals surface area contributed by atoms with Gasteiger partial charge in [-0.3, -0.25) is 9.89 Å². The molecule has 2 saturated heterocycles. The fourth-order valence-electron chi connectivity index (χ4n) is 5.53. The van der Waals surface area contributed by atoms with Crippen LogP contribution in [0.3, 0.4) is 0 Å². The molecule has 2 aliphatic heterocycles. The number of carbonyl (C=O) groups is 1. The highest BCUT2D eigenvalue weighted by atomic mass is 16.2. The molecule has 160 valence electrons. The zero-order valence-corrected chi connectivity index (χ0v) is 17.9. The third-order valence-corrected chi connectivity index (χ3v) is 7.06. The van der Waals surface area contributed by atoms with Crippen molar-refractivity contribution in [3.63, 3.8) is 0 Å². The molecule has 2 aromatic rings. The van der Waals surface area contributed by atoms with Gasteiger partial charge in [0, 0.05) is 30.9 Å². The summed E-state index contributed by atoms with van der Waals surface area (Å²) in [6.07, 6.45) is 8.62. The van der Waals surface area contributed by atoms with Gasteiger partial charge in [-0.15, -0.1) is 0 Å². The average molecular weight is 410 g/mol. The Morgan fingerprint density at radius 3 is 2.63 bits per heavy atom. The van der Waals surface area contributed by atoms with Gasteiger partial charge in [0.25, 0.3) is 5.91 Å². The zero-order chi connectivity index (χ0) is 20.9. The van der Waals surface area contributed by atoms with Gasteiger partial charge in [0.1, 0.15) is 0 Å². The first-order valence-corrected chi connectivity index (χ1v) is 11.2. The van der Waals surface area contributed by atoms with E-state index in [9.17, 15) is 4.79 Å². The molecule has 3 aliphatic rings. The van der Waals surface area contributed by atoms with Crippen LogP contribution in [-0.2, 0) is 11.8 Å². The molecule has 30 heavy (non-hydrogen) atoms. The molecule has 0 radical (unpaired) electrons. The van der Waals surface area contributed by atoms with Crippen molar-refractivity contribution in [1.82, 2.24) is 30.0 Å². The maximum atomic E-state index is 13.5. The van der Waals surface area contributed by atoms with Crippen LogP contribution in [-0.4, -0.2) is 68.1 Å². The highest BCUT2D eigenvalue weighted by Gasteiger charge is 2.40. The van der Waals surface area contributed by atoms with Gasteiger partial charge in [-0.1, -0.05) is 20.3 Å². The second-order valence-electron chi connectivity index (χ2n) is 9.60. The first-order valence-electron chi connectivity index (χ1n) is 11.2. The minimum Gasteiger partial charge on any atom is -0.368 e. The Balaban J connectivity index is 1.38. The smallest absolute Gasteiger partial charge is 0.274 e. The summed E-state index contributed by atoms with van der Waals surface area (Å²) >= 11 is 0. The fraction of sp³-hybridized carbons (Fsp3) is 0.636. The molecule has 0 bridgehead atoms. The van der Waals surface area contributed by atoms with E-state index >= 15 is 0 Å². The molecule has 2 fully saturated rings. The molecule has 5 rings (SSSR count). The van der Waals surface area contributed by atoms with E-state index in [-0.39, 0.29) is 17.3 Å². The van der Waals surface area contributed by atoms with Crippen LogP contribution >= 0.6 is 0 Å². The van der Waals surface area contributed by atoms with Crippen LogP contribution in [0.15, 0.2) is 6.20 Å². The molecule has 2 aromatic heterocycles. The number of aromatic nitrogens is 4. The maximum absolute atomic E-state index is 13.5. The topological polar surface area (TPSA) is 104 Å². The number of fused-ring (bicyclic) bond motifs is 3. The van der Waals surface area contributed by atoms with E-state index in [4.69, 9.17) is 5.73 Å². The molecule has 4 heterocycles. The number of aromatic amines is 1. The van der Waals surface area contributed by atoms with Crippen LogP contribution < -0.4 is 5.73 Å². The minimum atomic E-state index is -0.230. The van der Waals surface area contributed by atoms with Gasteiger partial charge >= 0.3 is 0 Å². The molecular weight excluding hydrogens is 378 g/mol. The Kier molecular flexibility index (Phi) is 4.76. The highest BCUT2D eigenvalue weighted by molar-refractivity contribution is 5.96. The second kappa shape index (κ2) is 7.34. The Morgan fingerprint density at radius 1 is 1.17 bits per heavy atom. The maximum Gasteiger partial charge on any atom is 0.274 e. The lowest BCUT2D eigenvalue weighted by Crippen LogP contribution is -2.48. The van der Waals surface area contributed by atoms with E-state index in [0.717, 1.165) is 54.9 Å². The van der Waals surface area contributed by atoms with E-state index < -0.39 is 0 Å². The number of hydrogen-bond donors (Lipinski definition) is 2. The SMILES string of the molecule is CC1(C)Cc2cnc(N)nc2-c2[nH]nc(C(=O)N3CCC(N4CCCCC4)CC3)c21. The largest absolute Gasteiger partial charge is 0.368 e. The van der Waals surface area contributed by atoms with Crippen LogP contribution in [0.5, 0.6) is 0 Å². The van der Waals surface area contributed by atoms with Crippen molar-refractivity contribution >= 4 is 11.9 Å². The molecular formula is C22H31N7O. The van der Waals surface area contributed by atoms with Crippen molar-refractivity contribution in [1.29, 1.82) is 0 Å². The summed E-state index contributed by atoms with van der Waals surface area (Å²) in [5.41, 5.74) is 9.70. The number of nitrogens with zero attached hydrogens (tertiary/aromatic N) is 5. The van der Waals surface area contributed by atoms with Crippen molar-refractivity contribution in [2.75, 3.05) is 31.9 Å². The predicted octanol–water partition coefficient (Wildman–Crippen LogP) is 2.37. The number of H-pyrrole nitrogens is 1. The number of amides is 1. The van der Waals surface area contributed by atoms with Gasteiger partial charge in [-0.25, -0.2) is 9.97 Å². The first-order chi connectivity index (χ1) is 14.4. The van der Waals surface area contributed by atoms with E-state index in [2.05, 4.69) is 38.9 Å². The van der Waals surface area contributed by atoms with E-state index in [1.54, 1.807) is 6.20 Å². The minimum absolute atomic E-state index is 0.0307. The van der Waals surface area contributed by atoms with Crippen molar-refractivity contribution in [3.05, 3.63) is 23.0 Å². The highest BCUT2D eigenvalue weighted by Crippen LogP contribution is 2.43. The molecule has 1 amide bonds. The monoisotopic (exact) mass is 409 g/mol. The Hall–Kier alpha value is -2.48. The molecule has 0 spiro atoms. The molecule has 0 atom stereocenters. The standard InChI is InChI=1S/C22H31N7O/c1-22(2)12-14-13-24-21(23)25-17(14)18-16(22)19(27-26-18)20(30)29-10-6-15(7-11-29)28-8-4-3-5-9-28/h13,15H,3-12H2,1-2H3,(H,26,27)(H2,23,24,25). The summed E-state index contributed by atoms with van der Waals surface area (Å²) in [6, 6.07) is 0.616. The Labute approximate surface area is 177 Å². The second-order valence-corrected chi connectivity index (χ2v) is 9.60. The van der Waals surface area contributed by atoms with E-state index in [0.29, 0.717) is 11.7 Å². The van der Waals surface area contributed by atoms with E-state index in [1.807, 2.05) is 4.90 Å². The van der Waals surface area contributed by atoms with Gasteiger partial charge in [-0.2, -0.15) is 5.10 Å². The lowest BCUT2D eigenvalue weighted by molar-refractivity contribution is 0.0582. The number of rotatable bonds is 2. The Bertz CT molecular complexity index is 952. The van der Waals surface area contributed by atoms with Crippen LogP contribution in [0, 0.1) is 0 Å². The van der Waals surface area contributed by atoms with Crippen molar-refractivity contribution in [2.45, 2.75) is 63.8 Å². The summed E-state index contributed by atoms with van der Waals surface area (Å²) < 4.78 is 0. The Morgan fingerprint density at radius 2 is 1.90 bits per heavy atom. The van der Waals surface area contributed by atoms with E-state index in [1.165, 1.54) is 32.4 Å². The van der Waals surface area contributed by atoms with Crippen LogP contribution in [0.2, 0.25) is 0 Å². The summed E-state index contributed by atoms with van der Waals surface area (Å²) in [4.78, 5) is 26.6. The van der Waals surface area contributed by atoms with Crippen molar-refractivity contribution in [3.8, 4) is 11.4 Å². The molecule has 8 nitrogen and oxygen atoms in total. The third-order valence-electron chi connectivity index (χ3n) is 7.06. The number of nitrogen functional groups attached to an aromatic ring is 1. The third kappa shape index (κ3) is 3.27. The summed E-state index contributed by atoms with van der Waals surface area (Å²) in [5.74, 6) is 0.268. The number of carbonyl (C=O) groups excluding carboxylic acids is 1. The van der Waals surface area contributed by atoms with Gasteiger partial charge in [0.05, 0.1) is 11.4 Å². The summed E-state index contributed by atoms with van der Waals surface area (Å²) in [7, 11) is 0. The zero-order valence-electron chi connectivity index (χ0n) is 17.9. The predicted molar refractivity (Wildman–Crippen MR) is 115 cm³/mol. The van der Waals surface area contributed by atoms with Crippen molar-refractivity contribution in [2.24, 2.45) is 0 Å². The fourth-order valence-corrected chi connectivity index (χ4v) is 5.53. The number of hydrogen-bond acceptors (Lipinski definition) is 6. The number of likely N-dealkylation sites (tertiary alicyclic amines) is 2. The van der Waals surface area contributed by atoms with Crippen LogP contribution in [0.1, 0.15) is 67.6 Å². The van der Waals surface area contributed by atoms with Gasteiger partial charge < -0.3 is 15.5 Å². The van der Waals surface area contributed by atoms with Crippen LogP contribution in [0.25, 0.3) is 11.4 Å². The van der Waals surface area contributed by atoms with Crippen molar-refractivity contribution < 1.29 is 4.79 Å². The molecule has 1 aliphatic carbocycles. The lowest BCUT2D eigenvalue weighted by atomic mass is 9.73. The lowest BCUT2D eigenvalue weighted by Gasteiger charge is -2.40. The van der Waals surface area contributed by atoms with Gasteiger partial charge in [-0.05, 0) is 56.2 Å². The van der Waals surface area contributed by atoms with Gasteiger partial charge in [0.2, 0.25) is 5.95 Å². The quantitative estimate of drug-likeness (QED) is 0.789. The first kappa shape index (κ1) is 19.5. The number of piperidine rings is 2. The summed E-state index contributed by atoms with van der Waals surface area (Å²) in [6.45, 7) is 8.33. The molecule has 0 aromatic carbocycles.